The third-order valence-corrected chi connectivity index (χ3v) is 4.49. The number of halogens is 2. The number of alkyl halides is 1. The molecule has 1 saturated heterocycles. The summed E-state index contributed by atoms with van der Waals surface area (Å²) in [4.78, 5) is 18.0. The lowest BCUT2D eigenvalue weighted by molar-refractivity contribution is 0.0583. The molecule has 1 heterocycles. The predicted molar refractivity (Wildman–Crippen MR) is 104 cm³/mol. The normalized spacial score (nSPS) is 23.7. The number of amides is 1. The van der Waals surface area contributed by atoms with Crippen LogP contribution in [-0.4, -0.2) is 60.8 Å². The number of carbonyl (C=O) groups excluding carboxylic acids is 1. The molecule has 0 aromatic heterocycles. The fourth-order valence-electron chi connectivity index (χ4n) is 2.94. The number of carbonyl (C=O) groups is 1. The van der Waals surface area contributed by atoms with Crippen LogP contribution in [0.5, 0.6) is 0 Å². The van der Waals surface area contributed by atoms with E-state index < -0.39 is 18.1 Å². The Morgan fingerprint density at radius 2 is 2.17 bits per heavy atom. The van der Waals surface area contributed by atoms with Crippen LogP contribution in [0.15, 0.2) is 40.8 Å². The summed E-state index contributed by atoms with van der Waals surface area (Å²) in [5.41, 5.74) is 6.04. The number of aliphatic imine (C=N–C) groups is 1. The van der Waals surface area contributed by atoms with Crippen LogP contribution in [0.4, 0.5) is 13.6 Å². The van der Waals surface area contributed by atoms with E-state index in [1.54, 1.807) is 18.7 Å². The third kappa shape index (κ3) is 6.68. The van der Waals surface area contributed by atoms with Gasteiger partial charge in [-0.25, -0.2) is 13.6 Å². The van der Waals surface area contributed by atoms with Crippen LogP contribution in [0.25, 0.3) is 0 Å². The van der Waals surface area contributed by atoms with Crippen molar-refractivity contribution < 1.29 is 23.0 Å². The van der Waals surface area contributed by atoms with Crippen molar-refractivity contribution in [2.75, 3.05) is 19.7 Å². The zero-order valence-electron chi connectivity index (χ0n) is 16.6. The molecule has 9 heteroatoms. The summed E-state index contributed by atoms with van der Waals surface area (Å²) in [7, 11) is 0. The average Bonchev–Trinajstić information content (AvgIpc) is 2.68. The van der Waals surface area contributed by atoms with E-state index in [0.29, 0.717) is 31.5 Å². The van der Waals surface area contributed by atoms with Crippen molar-refractivity contribution in [2.24, 2.45) is 10.7 Å². The highest BCUT2D eigenvalue weighted by molar-refractivity contribution is 6.11. The molecule has 0 saturated carbocycles. The van der Waals surface area contributed by atoms with Gasteiger partial charge in [-0.05, 0) is 44.9 Å². The SMILES string of the molecule is CC(C)OC(=O)N1CCC(N=C(C#N)C(=CN)COC2C=CC(F)=CC2F)CC1. The number of nitriles is 1. The zero-order chi connectivity index (χ0) is 21.4. The van der Waals surface area contributed by atoms with Crippen LogP contribution in [-0.2, 0) is 9.47 Å². The maximum absolute atomic E-state index is 13.8. The minimum atomic E-state index is -1.61. The number of likely N-dealkylation sites (tertiary alicyclic amines) is 1. The lowest BCUT2D eigenvalue weighted by Gasteiger charge is -2.30. The van der Waals surface area contributed by atoms with Crippen molar-refractivity contribution in [1.82, 2.24) is 4.90 Å². The standard InChI is InChI=1S/C20H26F2N4O3/c1-13(2)29-20(27)26-7-5-16(6-8-26)25-18(11-24)14(10-23)12-28-19-4-3-15(21)9-17(19)22/h3-4,9-10,13,16-17,19H,5-8,12,23H2,1-2H3. The fourth-order valence-corrected chi connectivity index (χ4v) is 2.94. The molecule has 29 heavy (non-hydrogen) atoms. The monoisotopic (exact) mass is 408 g/mol. The van der Waals surface area contributed by atoms with Gasteiger partial charge in [0.05, 0.1) is 18.8 Å². The first-order chi connectivity index (χ1) is 13.8. The lowest BCUT2D eigenvalue weighted by atomic mass is 10.0. The molecular formula is C20H26F2N4O3. The summed E-state index contributed by atoms with van der Waals surface area (Å²) >= 11 is 0. The summed E-state index contributed by atoms with van der Waals surface area (Å²) in [5, 5.41) is 9.46. The first-order valence-electron chi connectivity index (χ1n) is 9.49. The summed E-state index contributed by atoms with van der Waals surface area (Å²) in [6.45, 7) is 4.40. The van der Waals surface area contributed by atoms with Crippen molar-refractivity contribution in [2.45, 2.75) is 51.1 Å². The minimum Gasteiger partial charge on any atom is -0.447 e. The number of nitrogens with two attached hydrogens (primary N) is 1. The van der Waals surface area contributed by atoms with E-state index in [0.717, 1.165) is 12.2 Å². The molecule has 0 spiro atoms. The zero-order valence-corrected chi connectivity index (χ0v) is 16.6. The number of rotatable bonds is 6. The first kappa shape index (κ1) is 22.6. The number of hydrogen-bond donors (Lipinski definition) is 1. The maximum Gasteiger partial charge on any atom is 0.410 e. The molecule has 1 aliphatic heterocycles. The van der Waals surface area contributed by atoms with Gasteiger partial charge in [0.15, 0.2) is 6.17 Å². The Morgan fingerprint density at radius 1 is 1.48 bits per heavy atom. The lowest BCUT2D eigenvalue weighted by Crippen LogP contribution is -2.41. The molecule has 0 aromatic carbocycles. The molecule has 0 radical (unpaired) electrons. The van der Waals surface area contributed by atoms with E-state index in [2.05, 4.69) is 4.99 Å². The molecule has 2 rings (SSSR count). The fraction of sp³-hybridized carbons (Fsp3) is 0.550. The Bertz CT molecular complexity index is 747. The van der Waals surface area contributed by atoms with Gasteiger partial charge in [-0.3, -0.25) is 4.99 Å². The van der Waals surface area contributed by atoms with E-state index in [1.807, 2.05) is 6.07 Å². The second-order valence-corrected chi connectivity index (χ2v) is 7.06. The van der Waals surface area contributed by atoms with Gasteiger partial charge in [0.2, 0.25) is 0 Å². The number of ether oxygens (including phenoxy) is 2. The van der Waals surface area contributed by atoms with Gasteiger partial charge < -0.3 is 20.1 Å². The second kappa shape index (κ2) is 10.7. The number of hydrogen-bond acceptors (Lipinski definition) is 6. The van der Waals surface area contributed by atoms with Crippen LogP contribution >= 0.6 is 0 Å². The van der Waals surface area contributed by atoms with E-state index in [4.69, 9.17) is 15.2 Å². The van der Waals surface area contributed by atoms with Crippen LogP contribution in [0, 0.1) is 11.3 Å². The maximum atomic E-state index is 13.8. The van der Waals surface area contributed by atoms with Crippen molar-refractivity contribution in [3.8, 4) is 6.07 Å². The number of nitrogens with zero attached hydrogens (tertiary/aromatic N) is 3. The predicted octanol–water partition coefficient (Wildman–Crippen LogP) is 2.95. The smallest absolute Gasteiger partial charge is 0.410 e. The second-order valence-electron chi connectivity index (χ2n) is 7.06. The minimum absolute atomic E-state index is 0.104. The Morgan fingerprint density at radius 3 is 2.72 bits per heavy atom. The Balaban J connectivity index is 1.92. The molecule has 0 aromatic rings. The quantitative estimate of drug-likeness (QED) is 0.681. The molecule has 1 fully saturated rings. The van der Waals surface area contributed by atoms with Gasteiger partial charge in [0.25, 0.3) is 0 Å². The van der Waals surface area contributed by atoms with Crippen LogP contribution in [0.3, 0.4) is 0 Å². The molecule has 158 valence electrons. The molecule has 1 aliphatic carbocycles. The molecule has 2 atom stereocenters. The van der Waals surface area contributed by atoms with E-state index in [1.165, 1.54) is 12.3 Å². The molecule has 1 amide bonds. The van der Waals surface area contributed by atoms with Gasteiger partial charge >= 0.3 is 6.09 Å². The van der Waals surface area contributed by atoms with E-state index >= 15 is 0 Å². The molecule has 7 nitrogen and oxygen atoms in total. The third-order valence-electron chi connectivity index (χ3n) is 4.49. The number of piperidine rings is 1. The van der Waals surface area contributed by atoms with Gasteiger partial charge in [0.1, 0.15) is 23.7 Å². The topological polar surface area (TPSA) is 101 Å². The van der Waals surface area contributed by atoms with Gasteiger partial charge in [0, 0.05) is 24.9 Å². The van der Waals surface area contributed by atoms with Crippen molar-refractivity contribution in [1.29, 1.82) is 5.26 Å². The Kier molecular flexibility index (Phi) is 8.34. The van der Waals surface area contributed by atoms with Crippen LogP contribution in [0.1, 0.15) is 26.7 Å². The highest BCUT2D eigenvalue weighted by Crippen LogP contribution is 2.20. The van der Waals surface area contributed by atoms with Crippen LogP contribution < -0.4 is 5.73 Å². The molecular weight excluding hydrogens is 382 g/mol. The van der Waals surface area contributed by atoms with Gasteiger partial charge in [-0.2, -0.15) is 5.26 Å². The Hall–Kier alpha value is -2.73. The van der Waals surface area contributed by atoms with E-state index in [9.17, 15) is 18.8 Å². The molecule has 2 N–H and O–H groups in total. The first-order valence-corrected chi connectivity index (χ1v) is 9.49. The highest BCUT2D eigenvalue weighted by Gasteiger charge is 2.26. The Labute approximate surface area is 169 Å². The summed E-state index contributed by atoms with van der Waals surface area (Å²) in [6, 6.07) is 1.85. The summed E-state index contributed by atoms with van der Waals surface area (Å²) in [5.74, 6) is -0.658. The van der Waals surface area contributed by atoms with Crippen molar-refractivity contribution in [3.05, 3.63) is 35.8 Å². The highest BCUT2D eigenvalue weighted by atomic mass is 19.1. The van der Waals surface area contributed by atoms with Crippen molar-refractivity contribution >= 4 is 11.8 Å². The van der Waals surface area contributed by atoms with Crippen molar-refractivity contribution in [3.63, 3.8) is 0 Å². The van der Waals surface area contributed by atoms with E-state index in [-0.39, 0.29) is 30.6 Å². The number of allylic oxidation sites excluding steroid dienone is 2. The average molecular weight is 408 g/mol. The summed E-state index contributed by atoms with van der Waals surface area (Å²) < 4.78 is 37.4. The summed E-state index contributed by atoms with van der Waals surface area (Å²) in [6.07, 6.45) is 2.49. The largest absolute Gasteiger partial charge is 0.447 e. The molecule has 2 unspecified atom stereocenters. The van der Waals surface area contributed by atoms with Gasteiger partial charge in [-0.15, -0.1) is 0 Å². The van der Waals surface area contributed by atoms with Crippen LogP contribution in [0.2, 0.25) is 0 Å². The molecule has 0 bridgehead atoms. The molecule has 2 aliphatic rings. The van der Waals surface area contributed by atoms with Gasteiger partial charge in [-0.1, -0.05) is 0 Å².